The molecule has 0 spiro atoms. The van der Waals surface area contributed by atoms with E-state index in [0.717, 1.165) is 18.4 Å². The van der Waals surface area contributed by atoms with Crippen LogP contribution in [0.15, 0.2) is 22.9 Å². The molecule has 0 fully saturated rings. The molecule has 0 bridgehead atoms. The van der Waals surface area contributed by atoms with E-state index in [2.05, 4.69) is 5.32 Å². The van der Waals surface area contributed by atoms with Gasteiger partial charge in [0.05, 0.1) is 12.6 Å². The van der Waals surface area contributed by atoms with Gasteiger partial charge in [0, 0.05) is 22.8 Å². The summed E-state index contributed by atoms with van der Waals surface area (Å²) in [4.78, 5) is 23.3. The van der Waals surface area contributed by atoms with E-state index in [4.69, 9.17) is 0 Å². The maximum atomic E-state index is 12.2. The molecular formula is C13H17NO3. The molecule has 92 valence electrons. The zero-order chi connectivity index (χ0) is 12.6. The van der Waals surface area contributed by atoms with Crippen LogP contribution in [0.2, 0.25) is 0 Å². The minimum Gasteiger partial charge on any atom is -0.392 e. The second-order valence-electron chi connectivity index (χ2n) is 4.81. The lowest BCUT2D eigenvalue weighted by atomic mass is 9.82. The fourth-order valence-corrected chi connectivity index (χ4v) is 2.78. The van der Waals surface area contributed by atoms with Gasteiger partial charge in [0.2, 0.25) is 0 Å². The van der Waals surface area contributed by atoms with Crippen LogP contribution in [0.25, 0.3) is 0 Å². The van der Waals surface area contributed by atoms with Gasteiger partial charge in [-0.15, -0.1) is 0 Å². The van der Waals surface area contributed by atoms with Crippen LogP contribution in [0, 0.1) is 11.8 Å². The molecule has 0 saturated carbocycles. The largest absolute Gasteiger partial charge is 0.392 e. The third kappa shape index (κ3) is 1.82. The van der Waals surface area contributed by atoms with Gasteiger partial charge in [-0.3, -0.25) is 9.59 Å². The zero-order valence-electron chi connectivity index (χ0n) is 10.1. The Kier molecular flexibility index (Phi) is 3.15. The van der Waals surface area contributed by atoms with Crippen molar-refractivity contribution in [3.8, 4) is 0 Å². The van der Waals surface area contributed by atoms with Crippen LogP contribution in [0.1, 0.15) is 20.3 Å². The molecule has 0 unspecified atom stereocenters. The Bertz CT molecular complexity index is 422. The third-order valence-electron chi connectivity index (χ3n) is 3.77. The molecule has 2 N–H and O–H groups in total. The van der Waals surface area contributed by atoms with E-state index >= 15 is 0 Å². The molecule has 0 aromatic rings. The van der Waals surface area contributed by atoms with Crippen molar-refractivity contribution in [2.24, 2.45) is 11.8 Å². The highest BCUT2D eigenvalue weighted by Gasteiger charge is 2.42. The molecule has 4 nitrogen and oxygen atoms in total. The molecule has 1 heterocycles. The van der Waals surface area contributed by atoms with Gasteiger partial charge < -0.3 is 10.4 Å². The molecule has 17 heavy (non-hydrogen) atoms. The van der Waals surface area contributed by atoms with Crippen LogP contribution in [0.3, 0.4) is 0 Å². The number of hydrogen-bond donors (Lipinski definition) is 2. The van der Waals surface area contributed by atoms with Crippen molar-refractivity contribution < 1.29 is 14.7 Å². The number of Topliss-reactive ketones (excluding diaryl/α,β-unsaturated/α-hetero) is 1. The summed E-state index contributed by atoms with van der Waals surface area (Å²) in [6.45, 7) is 3.62. The minimum atomic E-state index is -0.383. The maximum Gasteiger partial charge on any atom is 0.183 e. The number of nitrogens with one attached hydrogen (secondary N) is 1. The van der Waals surface area contributed by atoms with E-state index in [0.29, 0.717) is 11.1 Å². The zero-order valence-corrected chi connectivity index (χ0v) is 10.1. The molecule has 1 aliphatic heterocycles. The molecule has 2 aliphatic rings. The lowest BCUT2D eigenvalue weighted by molar-refractivity contribution is -0.118. The average molecular weight is 235 g/mol. The van der Waals surface area contributed by atoms with Gasteiger partial charge in [0.1, 0.15) is 6.29 Å². The number of carbonyl (C=O) groups excluding carboxylic acids is 2. The highest BCUT2D eigenvalue weighted by Crippen LogP contribution is 2.36. The van der Waals surface area contributed by atoms with Crippen LogP contribution in [0.4, 0.5) is 0 Å². The number of hydrogen-bond acceptors (Lipinski definition) is 4. The Morgan fingerprint density at radius 3 is 2.88 bits per heavy atom. The predicted octanol–water partition coefficient (Wildman–Crippen LogP) is 0.575. The number of aliphatic hydroxyl groups is 1. The van der Waals surface area contributed by atoms with Crippen molar-refractivity contribution in [1.29, 1.82) is 0 Å². The Morgan fingerprint density at radius 2 is 2.29 bits per heavy atom. The molecule has 3 atom stereocenters. The number of carbonyl (C=O) groups is 2. The Labute approximate surface area is 100 Å². The summed E-state index contributed by atoms with van der Waals surface area (Å²) in [5.41, 5.74) is 1.94. The highest BCUT2D eigenvalue weighted by molar-refractivity contribution is 6.02. The number of aldehydes is 1. The standard InChI is InChI=1S/C13H17NO3/c1-7-3-4-9(5-15)13(17)12-11(7)10(6-16)8(2)14-12/h4,6-7,11-12,14-15H,3,5H2,1-2H3/t7-,11+,12+/m1/s1. The molecule has 0 aromatic carbocycles. The summed E-state index contributed by atoms with van der Waals surface area (Å²) in [5, 5.41) is 12.3. The van der Waals surface area contributed by atoms with E-state index in [1.165, 1.54) is 0 Å². The first-order chi connectivity index (χ1) is 8.10. The van der Waals surface area contributed by atoms with Gasteiger partial charge in [-0.1, -0.05) is 13.0 Å². The summed E-state index contributed by atoms with van der Waals surface area (Å²) in [5.74, 6) is 0.0662. The molecule has 4 heteroatoms. The topological polar surface area (TPSA) is 66.4 Å². The first-order valence-corrected chi connectivity index (χ1v) is 5.86. The molecule has 0 saturated heterocycles. The van der Waals surface area contributed by atoms with Crippen LogP contribution < -0.4 is 5.32 Å². The van der Waals surface area contributed by atoms with Crippen molar-refractivity contribution in [2.75, 3.05) is 6.61 Å². The van der Waals surface area contributed by atoms with Crippen LogP contribution in [0.5, 0.6) is 0 Å². The molecule has 2 rings (SSSR count). The van der Waals surface area contributed by atoms with Gasteiger partial charge in [-0.05, 0) is 19.3 Å². The van der Waals surface area contributed by atoms with Gasteiger partial charge in [0.25, 0.3) is 0 Å². The minimum absolute atomic E-state index is 0.0692. The number of ketones is 1. The summed E-state index contributed by atoms with van der Waals surface area (Å²) >= 11 is 0. The monoisotopic (exact) mass is 235 g/mol. The molecule has 0 aromatic heterocycles. The first-order valence-electron chi connectivity index (χ1n) is 5.86. The van der Waals surface area contributed by atoms with Gasteiger partial charge >= 0.3 is 0 Å². The molecule has 1 aliphatic carbocycles. The Balaban J connectivity index is 2.38. The van der Waals surface area contributed by atoms with Crippen molar-refractivity contribution in [2.45, 2.75) is 26.3 Å². The van der Waals surface area contributed by atoms with Crippen molar-refractivity contribution in [1.82, 2.24) is 5.32 Å². The average Bonchev–Trinajstić information content (AvgIpc) is 2.60. The Hall–Kier alpha value is -1.42. The highest BCUT2D eigenvalue weighted by atomic mass is 16.3. The number of fused-ring (bicyclic) bond motifs is 1. The third-order valence-corrected chi connectivity index (χ3v) is 3.77. The molecule has 0 radical (unpaired) electrons. The van der Waals surface area contributed by atoms with E-state index in [1.54, 1.807) is 6.08 Å². The summed E-state index contributed by atoms with van der Waals surface area (Å²) < 4.78 is 0. The van der Waals surface area contributed by atoms with Gasteiger partial charge in [-0.2, -0.15) is 0 Å². The number of aliphatic hydroxyl groups excluding tert-OH is 1. The van der Waals surface area contributed by atoms with Crippen LogP contribution >= 0.6 is 0 Å². The lowest BCUT2D eigenvalue weighted by Crippen LogP contribution is -2.39. The fraction of sp³-hybridized carbons (Fsp3) is 0.538. The maximum absolute atomic E-state index is 12.2. The summed E-state index contributed by atoms with van der Waals surface area (Å²) in [6.07, 6.45) is 3.36. The smallest absolute Gasteiger partial charge is 0.183 e. The number of rotatable bonds is 2. The van der Waals surface area contributed by atoms with Crippen molar-refractivity contribution in [3.63, 3.8) is 0 Å². The first kappa shape index (κ1) is 12.0. The van der Waals surface area contributed by atoms with Crippen molar-refractivity contribution >= 4 is 12.1 Å². The lowest BCUT2D eigenvalue weighted by Gasteiger charge is -2.22. The van der Waals surface area contributed by atoms with Crippen LogP contribution in [-0.2, 0) is 9.59 Å². The molecular weight excluding hydrogens is 218 g/mol. The van der Waals surface area contributed by atoms with Gasteiger partial charge in [0.15, 0.2) is 5.78 Å². The number of allylic oxidation sites excluding steroid dienone is 2. The van der Waals surface area contributed by atoms with E-state index < -0.39 is 0 Å². The van der Waals surface area contributed by atoms with Crippen LogP contribution in [-0.4, -0.2) is 29.8 Å². The van der Waals surface area contributed by atoms with E-state index in [1.807, 2.05) is 13.8 Å². The molecule has 0 amide bonds. The van der Waals surface area contributed by atoms with Crippen molar-refractivity contribution in [3.05, 3.63) is 22.9 Å². The SMILES string of the molecule is CC1=C(C=O)[C@@H]2[C@H](C)CC=C(CO)C(=O)[C@H]2N1. The van der Waals surface area contributed by atoms with E-state index in [9.17, 15) is 14.7 Å². The second-order valence-corrected chi connectivity index (χ2v) is 4.81. The quantitative estimate of drug-likeness (QED) is 0.687. The summed E-state index contributed by atoms with van der Waals surface area (Å²) in [7, 11) is 0. The Morgan fingerprint density at radius 1 is 1.59 bits per heavy atom. The normalized spacial score (nSPS) is 32.8. The fourth-order valence-electron chi connectivity index (χ4n) is 2.78. The van der Waals surface area contributed by atoms with Gasteiger partial charge in [-0.25, -0.2) is 0 Å². The summed E-state index contributed by atoms with van der Waals surface area (Å²) in [6, 6.07) is -0.383. The predicted molar refractivity (Wildman–Crippen MR) is 63.1 cm³/mol. The second kappa shape index (κ2) is 4.45. The van der Waals surface area contributed by atoms with E-state index in [-0.39, 0.29) is 30.3 Å².